The molecule has 1 aliphatic heterocycles. The third kappa shape index (κ3) is 6.66. The summed E-state index contributed by atoms with van der Waals surface area (Å²) in [5, 5.41) is 3.40. The Balaban J connectivity index is 1.26. The minimum atomic E-state index is -0.266. The Labute approximate surface area is 197 Å². The van der Waals surface area contributed by atoms with Crippen molar-refractivity contribution in [1.29, 1.82) is 0 Å². The second kappa shape index (κ2) is 11.1. The fourth-order valence-corrected chi connectivity index (χ4v) is 3.88. The number of nitrogens with one attached hydrogen (secondary N) is 1. The number of carbonyl (C=O) groups excluding carboxylic acids is 1. The smallest absolute Gasteiger partial charge is 0.262 e. The summed E-state index contributed by atoms with van der Waals surface area (Å²) in [6.07, 6.45) is 2.62. The molecule has 1 saturated heterocycles. The number of anilines is 2. The summed E-state index contributed by atoms with van der Waals surface area (Å²) >= 11 is 5.84. The number of amides is 1. The molecule has 0 bridgehead atoms. The molecule has 2 aromatic carbocycles. The van der Waals surface area contributed by atoms with Crippen LogP contribution in [0.4, 0.5) is 15.9 Å². The lowest BCUT2D eigenvalue weighted by Gasteiger charge is -2.23. The van der Waals surface area contributed by atoms with Crippen LogP contribution in [0.1, 0.15) is 12.0 Å². The first-order valence-electron chi connectivity index (χ1n) is 10.9. The lowest BCUT2D eigenvalue weighted by molar-refractivity contribution is -0.118. The Hall–Kier alpha value is -3.16. The number of nitrogens with zero attached hydrogens (tertiary/aromatic N) is 3. The quantitative estimate of drug-likeness (QED) is 0.549. The van der Waals surface area contributed by atoms with Gasteiger partial charge in [0.25, 0.3) is 5.91 Å². The molecule has 4 rings (SSSR count). The molecule has 33 heavy (non-hydrogen) atoms. The van der Waals surface area contributed by atoms with E-state index in [9.17, 15) is 9.18 Å². The van der Waals surface area contributed by atoms with Gasteiger partial charge in [-0.05, 0) is 48.9 Å². The average molecular weight is 469 g/mol. The maximum absolute atomic E-state index is 14.0. The topological polar surface area (TPSA) is 57.7 Å². The predicted octanol–water partition coefficient (Wildman–Crippen LogP) is 4.60. The van der Waals surface area contributed by atoms with E-state index in [1.165, 1.54) is 6.07 Å². The van der Waals surface area contributed by atoms with Crippen LogP contribution in [0.25, 0.3) is 0 Å². The monoisotopic (exact) mass is 468 g/mol. The third-order valence-corrected chi connectivity index (χ3v) is 5.73. The van der Waals surface area contributed by atoms with Crippen molar-refractivity contribution >= 4 is 29.0 Å². The zero-order valence-corrected chi connectivity index (χ0v) is 19.0. The summed E-state index contributed by atoms with van der Waals surface area (Å²) in [4.78, 5) is 21.2. The molecule has 0 atom stereocenters. The van der Waals surface area contributed by atoms with E-state index in [1.807, 2.05) is 24.3 Å². The highest BCUT2D eigenvalue weighted by Gasteiger charge is 2.17. The van der Waals surface area contributed by atoms with Crippen molar-refractivity contribution in [3.63, 3.8) is 0 Å². The summed E-state index contributed by atoms with van der Waals surface area (Å²) in [5.74, 6) is 1.01. The molecule has 0 radical (unpaired) electrons. The number of pyridine rings is 1. The van der Waals surface area contributed by atoms with Gasteiger partial charge in [-0.2, -0.15) is 0 Å². The number of benzene rings is 2. The largest absolute Gasteiger partial charge is 0.484 e. The van der Waals surface area contributed by atoms with Crippen molar-refractivity contribution in [2.75, 3.05) is 43.0 Å². The molecule has 0 unspecified atom stereocenters. The SMILES string of the molecule is O=C(COc1ccc(Cl)cc1)Nc1ccc(N2CCCN(Cc3ccccc3F)CC2)nc1. The van der Waals surface area contributed by atoms with E-state index in [2.05, 4.69) is 20.1 Å². The first-order chi connectivity index (χ1) is 16.1. The summed E-state index contributed by atoms with van der Waals surface area (Å²) in [6.45, 7) is 3.93. The highest BCUT2D eigenvalue weighted by Crippen LogP contribution is 2.19. The van der Waals surface area contributed by atoms with E-state index in [1.54, 1.807) is 36.5 Å². The van der Waals surface area contributed by atoms with Crippen LogP contribution in [0.5, 0.6) is 5.75 Å². The van der Waals surface area contributed by atoms with Crippen LogP contribution in [0.15, 0.2) is 66.9 Å². The molecule has 1 aliphatic rings. The minimum Gasteiger partial charge on any atom is -0.484 e. The normalized spacial score (nSPS) is 14.5. The van der Waals surface area contributed by atoms with Gasteiger partial charge < -0.3 is 15.0 Å². The highest BCUT2D eigenvalue weighted by atomic mass is 35.5. The maximum atomic E-state index is 14.0. The zero-order chi connectivity index (χ0) is 23.0. The second-order valence-electron chi connectivity index (χ2n) is 7.90. The van der Waals surface area contributed by atoms with Gasteiger partial charge in [-0.3, -0.25) is 9.69 Å². The van der Waals surface area contributed by atoms with Crippen LogP contribution >= 0.6 is 11.6 Å². The fraction of sp³-hybridized carbons (Fsp3) is 0.280. The van der Waals surface area contributed by atoms with Crippen LogP contribution in [0.2, 0.25) is 5.02 Å². The first kappa shape index (κ1) is 23.0. The number of hydrogen-bond donors (Lipinski definition) is 1. The molecule has 1 aromatic heterocycles. The molecular formula is C25H26ClFN4O2. The number of ether oxygens (including phenoxy) is 1. The van der Waals surface area contributed by atoms with E-state index in [4.69, 9.17) is 16.3 Å². The van der Waals surface area contributed by atoms with E-state index in [-0.39, 0.29) is 18.3 Å². The van der Waals surface area contributed by atoms with Gasteiger partial charge in [0.1, 0.15) is 17.4 Å². The zero-order valence-electron chi connectivity index (χ0n) is 18.2. The Bertz CT molecular complexity index is 1060. The van der Waals surface area contributed by atoms with Crippen LogP contribution in [-0.2, 0) is 11.3 Å². The van der Waals surface area contributed by atoms with Crippen molar-refractivity contribution in [2.45, 2.75) is 13.0 Å². The maximum Gasteiger partial charge on any atom is 0.262 e. The van der Waals surface area contributed by atoms with Gasteiger partial charge in [-0.25, -0.2) is 9.37 Å². The molecule has 0 aliphatic carbocycles. The molecule has 0 spiro atoms. The van der Waals surface area contributed by atoms with Crippen LogP contribution < -0.4 is 15.0 Å². The van der Waals surface area contributed by atoms with Crippen molar-refractivity contribution in [3.8, 4) is 5.75 Å². The number of rotatable bonds is 7. The highest BCUT2D eigenvalue weighted by molar-refractivity contribution is 6.30. The molecule has 1 fully saturated rings. The molecule has 172 valence electrons. The van der Waals surface area contributed by atoms with Crippen molar-refractivity contribution in [2.24, 2.45) is 0 Å². The molecule has 3 aromatic rings. The standard InChI is InChI=1S/C25H26ClFN4O2/c26-20-6-9-22(10-7-20)33-18-25(32)29-21-8-11-24(28-16-21)31-13-3-12-30(14-15-31)17-19-4-1-2-5-23(19)27/h1-2,4-11,16H,3,12-15,17-18H2,(H,29,32). The predicted molar refractivity (Wildman–Crippen MR) is 128 cm³/mol. The molecule has 6 nitrogen and oxygen atoms in total. The average Bonchev–Trinajstić information content (AvgIpc) is 3.06. The van der Waals surface area contributed by atoms with Gasteiger partial charge in [0.05, 0.1) is 11.9 Å². The van der Waals surface area contributed by atoms with Crippen LogP contribution in [0, 0.1) is 5.82 Å². The van der Waals surface area contributed by atoms with Gasteiger partial charge in [-0.1, -0.05) is 29.8 Å². The van der Waals surface area contributed by atoms with Gasteiger partial charge in [0, 0.05) is 43.3 Å². The van der Waals surface area contributed by atoms with E-state index in [0.717, 1.165) is 44.0 Å². The molecular weight excluding hydrogens is 443 g/mol. The minimum absolute atomic E-state index is 0.104. The Morgan fingerprint density at radius 1 is 1.03 bits per heavy atom. The molecule has 8 heteroatoms. The molecule has 0 saturated carbocycles. The van der Waals surface area contributed by atoms with Gasteiger partial charge in [0.15, 0.2) is 6.61 Å². The summed E-state index contributed by atoms with van der Waals surface area (Å²) in [6, 6.07) is 17.5. The fourth-order valence-electron chi connectivity index (χ4n) is 3.75. The van der Waals surface area contributed by atoms with Gasteiger partial charge in [0.2, 0.25) is 0 Å². The number of aromatic nitrogens is 1. The van der Waals surface area contributed by atoms with Gasteiger partial charge >= 0.3 is 0 Å². The Kier molecular flexibility index (Phi) is 7.75. The number of halogens is 2. The molecule has 1 N–H and O–H groups in total. The van der Waals surface area contributed by atoms with Crippen molar-refractivity contribution < 1.29 is 13.9 Å². The van der Waals surface area contributed by atoms with E-state index < -0.39 is 0 Å². The lowest BCUT2D eigenvalue weighted by Crippen LogP contribution is -2.31. The van der Waals surface area contributed by atoms with E-state index >= 15 is 0 Å². The van der Waals surface area contributed by atoms with Crippen molar-refractivity contribution in [1.82, 2.24) is 9.88 Å². The van der Waals surface area contributed by atoms with Crippen molar-refractivity contribution in [3.05, 3.63) is 83.3 Å². The third-order valence-electron chi connectivity index (χ3n) is 5.48. The summed E-state index contributed by atoms with van der Waals surface area (Å²) in [5.41, 5.74) is 1.34. The summed E-state index contributed by atoms with van der Waals surface area (Å²) in [7, 11) is 0. The Morgan fingerprint density at radius 3 is 2.61 bits per heavy atom. The van der Waals surface area contributed by atoms with Gasteiger partial charge in [-0.15, -0.1) is 0 Å². The number of carbonyl (C=O) groups is 1. The van der Waals surface area contributed by atoms with Crippen LogP contribution in [-0.4, -0.2) is 48.6 Å². The Morgan fingerprint density at radius 2 is 1.85 bits per heavy atom. The molecule has 1 amide bonds. The molecule has 2 heterocycles. The van der Waals surface area contributed by atoms with Crippen LogP contribution in [0.3, 0.4) is 0 Å². The van der Waals surface area contributed by atoms with E-state index in [0.29, 0.717) is 23.0 Å². The first-order valence-corrected chi connectivity index (χ1v) is 11.3. The second-order valence-corrected chi connectivity index (χ2v) is 8.34. The summed E-state index contributed by atoms with van der Waals surface area (Å²) < 4.78 is 19.4. The number of hydrogen-bond acceptors (Lipinski definition) is 5. The lowest BCUT2D eigenvalue weighted by atomic mass is 10.2.